The number of alkyl halides is 1. The lowest BCUT2D eigenvalue weighted by atomic mass is 9.98. The molecule has 57 heteroatoms. The molecular weight excluding hydrogens is 1880 g/mol. The van der Waals surface area contributed by atoms with Crippen molar-refractivity contribution in [2.45, 2.75) is 164 Å². The van der Waals surface area contributed by atoms with Gasteiger partial charge in [-0.3, -0.25) is 59.4 Å². The van der Waals surface area contributed by atoms with Gasteiger partial charge in [0.1, 0.15) is 120 Å². The van der Waals surface area contributed by atoms with Crippen molar-refractivity contribution in [2.24, 2.45) is 9.98 Å². The Bertz CT molecular complexity index is 6160. The number of anilines is 4. The maximum Gasteiger partial charge on any atom is 0.472 e. The minimum atomic E-state index is -5.23. The van der Waals surface area contributed by atoms with Crippen molar-refractivity contribution in [2.75, 3.05) is 76.8 Å². The van der Waals surface area contributed by atoms with E-state index >= 15 is 0 Å². The smallest absolute Gasteiger partial charge is 0.472 e. The number of esters is 2. The summed E-state index contributed by atoms with van der Waals surface area (Å²) in [6, 6.07) is 18.9. The molecule has 0 radical (unpaired) electrons. The second-order valence-corrected chi connectivity index (χ2v) is 35.2. The van der Waals surface area contributed by atoms with E-state index in [4.69, 9.17) is 85.7 Å². The summed E-state index contributed by atoms with van der Waals surface area (Å²) < 4.78 is 138. The number of aliphatic hydroxyl groups excluding tert-OH is 3. The van der Waals surface area contributed by atoms with Crippen LogP contribution in [0.4, 0.5) is 27.7 Å². The van der Waals surface area contributed by atoms with E-state index < -0.39 is 167 Å². The molecule has 4 fully saturated rings. The molecular formula is C79H98FN20O32P4-. The number of phosphoric ester groups is 4. The van der Waals surface area contributed by atoms with Crippen LogP contribution < -0.4 is 49.3 Å². The Balaban J connectivity index is 0.000000227. The number of aliphatic imine (C=N–C) groups is 2. The average molecular weight is 1980 g/mol. The lowest BCUT2D eigenvalue weighted by Crippen LogP contribution is -2.38. The van der Waals surface area contributed by atoms with Gasteiger partial charge in [-0.05, 0) is 72.7 Å². The summed E-state index contributed by atoms with van der Waals surface area (Å²) in [5, 5.41) is 44.3. The van der Waals surface area contributed by atoms with Crippen molar-refractivity contribution >= 4 is 123 Å². The Kier molecular flexibility index (Phi) is 36.5. The molecule has 12 heterocycles. The van der Waals surface area contributed by atoms with Crippen molar-refractivity contribution in [3.63, 3.8) is 0 Å². The summed E-state index contributed by atoms with van der Waals surface area (Å²) in [6.45, 7) is 5.50. The zero-order valence-electron chi connectivity index (χ0n) is 73.8. The van der Waals surface area contributed by atoms with Crippen LogP contribution in [0.25, 0.3) is 33.5 Å². The first-order valence-corrected chi connectivity index (χ1v) is 46.6. The standard InChI is InChI=1S/C37H44N10O15P2.C21H22N2O4.C19H26N8O13P2.CH3F.CH4/c1-3-4-5-27(48)40-14-21-12-22(20-8-6-19(2)7-9-20)29(44-21)36(50)61-32-25(60-35(31(32)49)47-18-43-30-33(39)41-17-42-34(30)47)16-58-64(55,56)62-23-13-28(46-11-10-26(38)45-37(46)51)59-24(23)15-57-63(52,53)54;1-3-4-5-17(24)9-8-16-14-19(15-6-10-18(26-2)11-7-15)20(23-16)21(25)27-13-12-22;20-11-1-2-26(19(30)25-11)12-3-8(9(38-12)4-36-41(31,32)33)40-42(34,35)37-5-10-14(28)15(29)18(39-10)27-7-24-13-16(21)22-6-23-17(13)27;1-2;/h3,6-11,17-18,23-25,28,31-32,35,49H,1,4-5,12-16H2,2H3,(H,40,48)(H,55,56)(H2,38,45,51)(H2,39,41,42)(H2,52,53,54);3,6-7,10-11H,1,4-5,8-9,13-14H2,2H3;1-2,6-10,12,14-15,18,28-29H,3-5H2,(H,34,35)(H2,20,25,30)(H2,21,22,23)(H2,31,32,33);1H3;1H4/p-1/t23?,24-,25-,28-,31+,32?,35-;;8?,9-,10-,12-,14?,15+,18-;;/m1.1../s1/i;;;;1D. The van der Waals surface area contributed by atoms with Crippen molar-refractivity contribution in [3.8, 4) is 11.8 Å². The first-order valence-electron chi connectivity index (χ1n) is 41.6. The van der Waals surface area contributed by atoms with Gasteiger partial charge in [0.2, 0.25) is 5.91 Å². The number of hydrogen-bond acceptors (Lipinski definition) is 42. The number of nitrogens with one attached hydrogen (secondary N) is 1. The number of aryl methyl sites for hydroxylation is 1. The Labute approximate surface area is 772 Å². The van der Waals surface area contributed by atoms with Crippen LogP contribution in [0.5, 0.6) is 5.75 Å². The van der Waals surface area contributed by atoms with E-state index in [2.05, 4.69) is 77.4 Å². The van der Waals surface area contributed by atoms with Gasteiger partial charge in [0.05, 0.1) is 59.9 Å². The summed E-state index contributed by atoms with van der Waals surface area (Å²) in [5.74, 6) is -1.14. The van der Waals surface area contributed by atoms with E-state index in [1.54, 1.807) is 49.6 Å². The van der Waals surface area contributed by atoms with E-state index in [9.17, 15) is 91.2 Å². The maximum atomic E-state index is 14.2. The monoisotopic (exact) mass is 1980 g/mol. The number of phosphoric acid groups is 4. The molecule has 14 rings (SSSR count). The van der Waals surface area contributed by atoms with Gasteiger partial charge in [-0.25, -0.2) is 72.8 Å². The van der Waals surface area contributed by atoms with Gasteiger partial charge < -0.3 is 111 Å². The molecule has 2 aromatic carbocycles. The molecule has 17 atom stereocenters. The number of ether oxygens (including phenoxy) is 7. The Morgan fingerprint density at radius 3 is 1.61 bits per heavy atom. The summed E-state index contributed by atoms with van der Waals surface area (Å²) in [4.78, 5) is 176. The number of nitrogens with two attached hydrogens (primary N) is 4. The average Bonchev–Trinajstić information content (AvgIpc) is 1.62. The number of rotatable bonds is 38. The lowest BCUT2D eigenvalue weighted by molar-refractivity contribution is -0.223. The number of aromatic nitrogens is 12. The van der Waals surface area contributed by atoms with E-state index in [0.29, 0.717) is 68.3 Å². The van der Waals surface area contributed by atoms with Crippen LogP contribution in [0.1, 0.15) is 115 Å². The Morgan fingerprint density at radius 2 is 1.10 bits per heavy atom. The molecule has 7 unspecified atom stereocenters. The number of imidazole rings is 2. The normalized spacial score (nSPS) is 23.7. The van der Waals surface area contributed by atoms with Crippen LogP contribution in [0.3, 0.4) is 0 Å². The van der Waals surface area contributed by atoms with Gasteiger partial charge in [-0.2, -0.15) is 15.2 Å². The first-order chi connectivity index (χ1) is 65.2. The van der Waals surface area contributed by atoms with Crippen molar-refractivity contribution in [1.82, 2.24) is 63.5 Å². The van der Waals surface area contributed by atoms with Crippen molar-refractivity contribution in [3.05, 3.63) is 173 Å². The van der Waals surface area contributed by atoms with E-state index in [0.717, 1.165) is 37.9 Å². The van der Waals surface area contributed by atoms with Gasteiger partial charge in [-0.15, -0.1) is 13.2 Å². The van der Waals surface area contributed by atoms with Crippen LogP contribution in [0, 0.1) is 18.3 Å². The second kappa shape index (κ2) is 47.3. The SMILES string of the molecule is C=CCCC(=O)CCC1=NC(C(=O)OCC#N)=C(c2ccc(OC)cc2)C1.C=CCCC(=O)NCC1=NC(C(=O)OC2[C@@H](COP(=O)(O)OC3C[C@H](n4ccc(N)nc4=O)O[C@@H]3COP(=O)(O)O)O[C@@H](n3cnc4c(N)ncnc43)[C@H]2O)=C(c2ccc(C)cc2)C1.CF.Nc1ccn([C@H]2CC(OP(=O)(O)OC[C@H]3O[C@@H](n4cnc5c(N)ncnc54)[C@@H](O)C3O)[C@@H](COP(=O)([O-])O)O2)c(=O)n1.[2H]C. The molecule has 0 aliphatic carbocycles. The minimum absolute atomic E-state index is 0.0139. The molecule has 6 aliphatic rings. The molecule has 52 nitrogen and oxygen atoms in total. The van der Waals surface area contributed by atoms with E-state index in [1.165, 1.54) is 60.0 Å². The van der Waals surface area contributed by atoms with Crippen LogP contribution in [-0.2, 0) is 93.0 Å². The highest BCUT2D eigenvalue weighted by Gasteiger charge is 2.52. The molecule has 4 saturated heterocycles. The zero-order chi connectivity index (χ0) is 100.0. The highest BCUT2D eigenvalue weighted by molar-refractivity contribution is 7.47. The van der Waals surface area contributed by atoms with Crippen LogP contribution in [-0.4, -0.2) is 248 Å². The molecule has 6 aromatic heterocycles. The van der Waals surface area contributed by atoms with Crippen LogP contribution >= 0.6 is 31.3 Å². The number of ketones is 1. The van der Waals surface area contributed by atoms with E-state index in [1.807, 2.05) is 31.2 Å². The molecule has 0 spiro atoms. The number of fused-ring (bicyclic) bond motifs is 2. The summed E-state index contributed by atoms with van der Waals surface area (Å²) >= 11 is 0. The maximum absolute atomic E-state index is 14.2. The number of methoxy groups -OCH3 is 1. The number of halogens is 1. The molecule has 1 amide bonds. The predicted octanol–water partition coefficient (Wildman–Crippen LogP) is 2.95. The number of nitriles is 1. The highest BCUT2D eigenvalue weighted by atomic mass is 31.2. The molecule has 0 bridgehead atoms. The molecule has 136 heavy (non-hydrogen) atoms. The van der Waals surface area contributed by atoms with Gasteiger partial charge in [0.25, 0.3) is 7.82 Å². The molecule has 0 saturated carbocycles. The molecule has 734 valence electrons. The first kappa shape index (κ1) is 105. The summed E-state index contributed by atoms with van der Waals surface area (Å²) in [5.41, 5.74) is 26.7. The minimum Gasteiger partial charge on any atom is -0.756 e. The third-order valence-electron chi connectivity index (χ3n) is 20.8. The molecule has 6 aliphatic heterocycles. The number of Topliss-reactive ketones (excluding diaryl/α,β-unsaturated/α-hetero) is 1. The lowest BCUT2D eigenvalue weighted by Gasteiger charge is -2.24. The van der Waals surface area contributed by atoms with Crippen LogP contribution in [0.15, 0.2) is 155 Å². The number of hydrogen-bond donors (Lipinski definition) is 13. The van der Waals surface area contributed by atoms with Crippen LogP contribution in [0.2, 0.25) is 0 Å². The molecule has 17 N–H and O–H groups in total. The highest BCUT2D eigenvalue weighted by Crippen LogP contribution is 2.52. The number of amides is 1. The zero-order valence-corrected chi connectivity index (χ0v) is 76.3. The van der Waals surface area contributed by atoms with Gasteiger partial charge in [0, 0.05) is 70.1 Å². The topological polar surface area (TPSA) is 763 Å². The number of carbonyl (C=O) groups excluding carboxylic acids is 4. The number of allylic oxidation sites excluding steroid dienone is 4. The second-order valence-electron chi connectivity index (χ2n) is 30.0. The van der Waals surface area contributed by atoms with Gasteiger partial charge >= 0.3 is 46.8 Å². The number of nitrogen functional groups attached to an aromatic ring is 4. The van der Waals surface area contributed by atoms with Gasteiger partial charge in [0.15, 0.2) is 59.5 Å². The van der Waals surface area contributed by atoms with Crippen molar-refractivity contribution in [1.29, 1.82) is 5.26 Å². The Hall–Kier alpha value is -11.7. The van der Waals surface area contributed by atoms with E-state index in [-0.39, 0.29) is 108 Å². The summed E-state index contributed by atoms with van der Waals surface area (Å²) in [7, 11) is -17.2. The Morgan fingerprint density at radius 1 is 0.625 bits per heavy atom. The summed E-state index contributed by atoms with van der Waals surface area (Å²) in [6.07, 6.45) is -6.76. The third kappa shape index (κ3) is 27.8. The third-order valence-corrected chi connectivity index (χ3v) is 23.8. The number of nitrogens with zero attached hydrogens (tertiary/aromatic N) is 15. The number of benzene rings is 2. The van der Waals surface area contributed by atoms with Gasteiger partial charge in [-0.1, -0.05) is 61.5 Å². The fourth-order valence-corrected chi connectivity index (χ4v) is 16.9. The fourth-order valence-electron chi connectivity index (χ4n) is 14.3. The van der Waals surface area contributed by atoms with Crippen molar-refractivity contribution < 1.29 is 148 Å². The predicted molar refractivity (Wildman–Crippen MR) is 472 cm³/mol. The number of carbonyl (C=O) groups is 4. The molecule has 8 aromatic rings. The largest absolute Gasteiger partial charge is 0.756 e. The fraction of sp³-hybridized carbons (Fsp3) is 0.430. The number of aliphatic hydroxyl groups is 3. The quantitative estimate of drug-likeness (QED) is 0.0150.